The van der Waals surface area contributed by atoms with Crippen LogP contribution in [0, 0.1) is 11.7 Å². The number of benzene rings is 1. The van der Waals surface area contributed by atoms with E-state index >= 15 is 0 Å². The van der Waals surface area contributed by atoms with Gasteiger partial charge >= 0.3 is 11.8 Å². The minimum Gasteiger partial charge on any atom is -0.361 e. The van der Waals surface area contributed by atoms with Crippen LogP contribution in [0.25, 0.3) is 0 Å². The summed E-state index contributed by atoms with van der Waals surface area (Å²) >= 11 is 0. The summed E-state index contributed by atoms with van der Waals surface area (Å²) in [5, 5.41) is 0. The number of nitrogens with zero attached hydrogens (tertiary/aromatic N) is 1. The van der Waals surface area contributed by atoms with Crippen LogP contribution in [-0.4, -0.2) is 23.3 Å². The van der Waals surface area contributed by atoms with Gasteiger partial charge in [0.1, 0.15) is 5.82 Å². The van der Waals surface area contributed by atoms with E-state index in [1.807, 2.05) is 13.8 Å². The fourth-order valence-electron chi connectivity index (χ4n) is 1.65. The van der Waals surface area contributed by atoms with Crippen LogP contribution in [0.15, 0.2) is 24.3 Å². The second-order valence-electron chi connectivity index (χ2n) is 4.54. The summed E-state index contributed by atoms with van der Waals surface area (Å²) in [4.78, 5) is 23.8. The number of primary amides is 1. The number of nitrogens with two attached hydrogens (primary N) is 1. The fourth-order valence-corrected chi connectivity index (χ4v) is 1.65. The number of carbonyl (C=O) groups is 2. The SMILES string of the molecule is CC(C)CN(Cc1ccccc1F)C(=O)C(N)=O. The van der Waals surface area contributed by atoms with Gasteiger partial charge in [-0.15, -0.1) is 0 Å². The van der Waals surface area contributed by atoms with Gasteiger partial charge in [-0.05, 0) is 12.0 Å². The molecule has 0 aliphatic carbocycles. The molecule has 98 valence electrons. The van der Waals surface area contributed by atoms with E-state index in [-0.39, 0.29) is 12.5 Å². The Bertz CT molecular complexity index is 446. The van der Waals surface area contributed by atoms with Gasteiger partial charge < -0.3 is 10.6 Å². The molecule has 1 aromatic rings. The van der Waals surface area contributed by atoms with Gasteiger partial charge in [-0.1, -0.05) is 32.0 Å². The van der Waals surface area contributed by atoms with Gasteiger partial charge in [-0.25, -0.2) is 4.39 Å². The summed E-state index contributed by atoms with van der Waals surface area (Å²) in [5.74, 6) is -2.04. The van der Waals surface area contributed by atoms with E-state index in [1.54, 1.807) is 18.2 Å². The first-order valence-corrected chi connectivity index (χ1v) is 5.74. The van der Waals surface area contributed by atoms with Crippen molar-refractivity contribution in [1.82, 2.24) is 4.90 Å². The average molecular weight is 252 g/mol. The third kappa shape index (κ3) is 3.84. The van der Waals surface area contributed by atoms with Crippen molar-refractivity contribution in [2.75, 3.05) is 6.54 Å². The number of halogens is 1. The zero-order chi connectivity index (χ0) is 13.7. The van der Waals surface area contributed by atoms with Crippen LogP contribution in [-0.2, 0) is 16.1 Å². The Morgan fingerprint density at radius 2 is 1.94 bits per heavy atom. The molecule has 1 rings (SSSR count). The van der Waals surface area contributed by atoms with Crippen LogP contribution < -0.4 is 5.73 Å². The van der Waals surface area contributed by atoms with Gasteiger partial charge in [0.05, 0.1) is 0 Å². The summed E-state index contributed by atoms with van der Waals surface area (Å²) in [7, 11) is 0. The summed E-state index contributed by atoms with van der Waals surface area (Å²) in [6.45, 7) is 4.22. The maximum atomic E-state index is 13.5. The molecule has 0 aliphatic rings. The second-order valence-corrected chi connectivity index (χ2v) is 4.54. The smallest absolute Gasteiger partial charge is 0.311 e. The standard InChI is InChI=1S/C13H17FN2O2/c1-9(2)7-16(13(18)12(15)17)8-10-5-3-4-6-11(10)14/h3-6,9H,7-8H2,1-2H3,(H2,15,17). The third-order valence-electron chi connectivity index (χ3n) is 2.40. The minimum atomic E-state index is -1.02. The number of carbonyl (C=O) groups excluding carboxylic acids is 2. The third-order valence-corrected chi connectivity index (χ3v) is 2.40. The van der Waals surface area contributed by atoms with E-state index in [0.717, 1.165) is 0 Å². The van der Waals surface area contributed by atoms with E-state index in [1.165, 1.54) is 11.0 Å². The summed E-state index contributed by atoms with van der Waals surface area (Å²) in [6.07, 6.45) is 0. The molecular formula is C13H17FN2O2. The Labute approximate surface area is 106 Å². The van der Waals surface area contributed by atoms with Gasteiger partial charge in [-0.2, -0.15) is 0 Å². The van der Waals surface area contributed by atoms with Crippen molar-refractivity contribution >= 4 is 11.8 Å². The lowest BCUT2D eigenvalue weighted by atomic mass is 10.1. The molecule has 0 aromatic heterocycles. The normalized spacial score (nSPS) is 10.4. The van der Waals surface area contributed by atoms with Crippen molar-refractivity contribution in [1.29, 1.82) is 0 Å². The highest BCUT2D eigenvalue weighted by atomic mass is 19.1. The molecule has 0 saturated carbocycles. The number of hydrogen-bond donors (Lipinski definition) is 1. The van der Waals surface area contributed by atoms with Crippen molar-refractivity contribution < 1.29 is 14.0 Å². The van der Waals surface area contributed by atoms with Gasteiger partial charge in [0.15, 0.2) is 0 Å². The molecule has 0 saturated heterocycles. The number of amides is 2. The largest absolute Gasteiger partial charge is 0.361 e. The molecule has 1 aromatic carbocycles. The predicted molar refractivity (Wildman–Crippen MR) is 65.8 cm³/mol. The predicted octanol–water partition coefficient (Wildman–Crippen LogP) is 1.30. The molecule has 2 amide bonds. The first-order valence-electron chi connectivity index (χ1n) is 5.74. The molecule has 0 fully saturated rings. The molecule has 0 radical (unpaired) electrons. The molecule has 4 nitrogen and oxygen atoms in total. The van der Waals surface area contributed by atoms with E-state index < -0.39 is 17.6 Å². The van der Waals surface area contributed by atoms with E-state index in [0.29, 0.717) is 12.1 Å². The second kappa shape index (κ2) is 6.14. The zero-order valence-corrected chi connectivity index (χ0v) is 10.5. The lowest BCUT2D eigenvalue weighted by molar-refractivity contribution is -0.145. The highest BCUT2D eigenvalue weighted by Crippen LogP contribution is 2.11. The van der Waals surface area contributed by atoms with Crippen LogP contribution >= 0.6 is 0 Å². The fraction of sp³-hybridized carbons (Fsp3) is 0.385. The van der Waals surface area contributed by atoms with Crippen molar-refractivity contribution in [3.8, 4) is 0 Å². The molecule has 0 spiro atoms. The van der Waals surface area contributed by atoms with E-state index in [9.17, 15) is 14.0 Å². The molecule has 0 heterocycles. The molecule has 18 heavy (non-hydrogen) atoms. The van der Waals surface area contributed by atoms with Crippen LogP contribution in [0.2, 0.25) is 0 Å². The summed E-state index contributed by atoms with van der Waals surface area (Å²) < 4.78 is 13.5. The number of rotatable bonds is 4. The Morgan fingerprint density at radius 1 is 1.33 bits per heavy atom. The Morgan fingerprint density at radius 3 is 2.44 bits per heavy atom. The maximum Gasteiger partial charge on any atom is 0.311 e. The quantitative estimate of drug-likeness (QED) is 0.821. The van der Waals surface area contributed by atoms with Crippen molar-refractivity contribution in [2.24, 2.45) is 11.7 Å². The van der Waals surface area contributed by atoms with Gasteiger partial charge in [0.25, 0.3) is 0 Å². The Kier molecular flexibility index (Phi) is 4.83. The molecule has 5 heteroatoms. The van der Waals surface area contributed by atoms with Crippen molar-refractivity contribution in [3.63, 3.8) is 0 Å². The number of hydrogen-bond acceptors (Lipinski definition) is 2. The van der Waals surface area contributed by atoms with Gasteiger partial charge in [0, 0.05) is 18.7 Å². The van der Waals surface area contributed by atoms with Crippen molar-refractivity contribution in [2.45, 2.75) is 20.4 Å². The molecule has 2 N–H and O–H groups in total. The van der Waals surface area contributed by atoms with E-state index in [2.05, 4.69) is 0 Å². The van der Waals surface area contributed by atoms with Crippen LogP contribution in [0.3, 0.4) is 0 Å². The van der Waals surface area contributed by atoms with Crippen molar-refractivity contribution in [3.05, 3.63) is 35.6 Å². The average Bonchev–Trinajstić information content (AvgIpc) is 2.29. The molecule has 0 atom stereocenters. The van der Waals surface area contributed by atoms with Gasteiger partial charge in [-0.3, -0.25) is 9.59 Å². The summed E-state index contributed by atoms with van der Waals surface area (Å²) in [6, 6.07) is 6.15. The highest BCUT2D eigenvalue weighted by molar-refractivity contribution is 6.34. The molecule has 0 unspecified atom stereocenters. The Balaban J connectivity index is 2.88. The lowest BCUT2D eigenvalue weighted by Crippen LogP contribution is -2.41. The Hall–Kier alpha value is -1.91. The van der Waals surface area contributed by atoms with Crippen LogP contribution in [0.5, 0.6) is 0 Å². The minimum absolute atomic E-state index is 0.0482. The zero-order valence-electron chi connectivity index (χ0n) is 10.5. The summed E-state index contributed by atoms with van der Waals surface area (Å²) in [5.41, 5.74) is 5.35. The van der Waals surface area contributed by atoms with Crippen LogP contribution in [0.4, 0.5) is 4.39 Å². The molecule has 0 aliphatic heterocycles. The first kappa shape index (κ1) is 14.2. The lowest BCUT2D eigenvalue weighted by Gasteiger charge is -2.23. The monoisotopic (exact) mass is 252 g/mol. The van der Waals surface area contributed by atoms with Gasteiger partial charge in [0.2, 0.25) is 0 Å². The molecular weight excluding hydrogens is 235 g/mol. The molecule has 0 bridgehead atoms. The topological polar surface area (TPSA) is 63.4 Å². The first-order chi connectivity index (χ1) is 8.41. The highest BCUT2D eigenvalue weighted by Gasteiger charge is 2.21. The maximum absolute atomic E-state index is 13.5. The van der Waals surface area contributed by atoms with E-state index in [4.69, 9.17) is 5.73 Å². The van der Waals surface area contributed by atoms with Crippen LogP contribution in [0.1, 0.15) is 19.4 Å².